The zero-order chi connectivity index (χ0) is 9.28. The van der Waals surface area contributed by atoms with Crippen molar-refractivity contribution in [3.05, 3.63) is 0 Å². The second-order valence-corrected chi connectivity index (χ2v) is 2.29. The lowest BCUT2D eigenvalue weighted by Crippen LogP contribution is -2.37. The first-order chi connectivity index (χ1) is 5.00. The van der Waals surface area contributed by atoms with E-state index in [1.165, 1.54) is 0 Å². The van der Waals surface area contributed by atoms with Gasteiger partial charge in [-0.2, -0.15) is 0 Å². The molecule has 1 unspecified atom stereocenters. The molecular formula is C5H16N4OS. The minimum atomic E-state index is -0.500. The van der Waals surface area contributed by atoms with Gasteiger partial charge in [0.15, 0.2) is 0 Å². The predicted molar refractivity (Wildman–Crippen MR) is 50.1 cm³/mol. The molecule has 6 heteroatoms. The van der Waals surface area contributed by atoms with Gasteiger partial charge in [-0.15, -0.1) is 0 Å². The summed E-state index contributed by atoms with van der Waals surface area (Å²) in [4.78, 5) is 0. The van der Waals surface area contributed by atoms with Gasteiger partial charge in [0.1, 0.15) is 0 Å². The van der Waals surface area contributed by atoms with E-state index >= 15 is 0 Å². The van der Waals surface area contributed by atoms with Crippen LogP contribution in [-0.2, 0) is 0 Å². The van der Waals surface area contributed by atoms with E-state index in [2.05, 4.69) is 23.3 Å². The Hall–Kier alpha value is -0.430. The Morgan fingerprint density at radius 3 is 2.18 bits per heavy atom. The van der Waals surface area contributed by atoms with Gasteiger partial charge in [0.25, 0.3) is 5.17 Å². The number of thiocarbonyl (C=S) groups is 1. The van der Waals surface area contributed by atoms with Crippen LogP contribution in [0.1, 0.15) is 6.92 Å². The molecule has 0 saturated carbocycles. The van der Waals surface area contributed by atoms with Gasteiger partial charge in [0.05, 0.1) is 6.17 Å². The Bertz CT molecular complexity index is 94.5. The van der Waals surface area contributed by atoms with Crippen molar-refractivity contribution in [3.63, 3.8) is 0 Å². The quantitative estimate of drug-likeness (QED) is 0.271. The van der Waals surface area contributed by atoms with Crippen molar-refractivity contribution in [1.29, 1.82) is 0 Å². The first-order valence-corrected chi connectivity index (χ1v) is 3.59. The number of aliphatic hydroxyl groups excluding tert-OH is 1. The van der Waals surface area contributed by atoms with Crippen LogP contribution in [0.2, 0.25) is 0 Å². The molecule has 8 N–H and O–H groups in total. The highest BCUT2D eigenvalue weighted by molar-refractivity contribution is 7.79. The maximum atomic E-state index is 7.56. The van der Waals surface area contributed by atoms with Crippen LogP contribution >= 0.6 is 12.2 Å². The normalized spacial score (nSPS) is 11.2. The van der Waals surface area contributed by atoms with Crippen LogP contribution in [0, 0.1) is 0 Å². The third kappa shape index (κ3) is 43.0. The van der Waals surface area contributed by atoms with Crippen LogP contribution in [0.4, 0.5) is 0 Å². The summed E-state index contributed by atoms with van der Waals surface area (Å²) in [6.45, 7) is 3.34. The van der Waals surface area contributed by atoms with Crippen molar-refractivity contribution in [3.8, 4) is 0 Å². The largest absolute Gasteiger partial charge is 0.487 e. The van der Waals surface area contributed by atoms with Crippen molar-refractivity contribution in [2.75, 3.05) is 13.1 Å². The molecule has 11 heavy (non-hydrogen) atoms. The maximum Gasteiger partial charge on any atom is 0.251 e. The van der Waals surface area contributed by atoms with Crippen LogP contribution in [-0.4, -0.2) is 29.5 Å². The monoisotopic (exact) mass is 180 g/mol. The summed E-state index contributed by atoms with van der Waals surface area (Å²) in [5, 5.41) is 10.0. The molecule has 0 bridgehead atoms. The van der Waals surface area contributed by atoms with Crippen molar-refractivity contribution in [1.82, 2.24) is 5.32 Å². The zero-order valence-corrected chi connectivity index (χ0v) is 7.40. The zero-order valence-electron chi connectivity index (χ0n) is 6.58. The van der Waals surface area contributed by atoms with Gasteiger partial charge in [-0.1, -0.05) is 0 Å². The first kappa shape index (κ1) is 13.2. The summed E-state index contributed by atoms with van der Waals surface area (Å²) >= 11 is 3.87. The van der Waals surface area contributed by atoms with Crippen molar-refractivity contribution in [2.45, 2.75) is 13.1 Å². The molecule has 5 nitrogen and oxygen atoms in total. The van der Waals surface area contributed by atoms with Crippen LogP contribution in [0.25, 0.3) is 0 Å². The Balaban J connectivity index is 0. The van der Waals surface area contributed by atoms with Crippen LogP contribution < -0.4 is 22.5 Å². The summed E-state index contributed by atoms with van der Waals surface area (Å²) in [5.41, 5.74) is 14.9. The second-order valence-electron chi connectivity index (χ2n) is 1.87. The molecule has 0 rings (SSSR count). The van der Waals surface area contributed by atoms with Gasteiger partial charge in [0.2, 0.25) is 0 Å². The lowest BCUT2D eigenvalue weighted by Gasteiger charge is -2.03. The molecule has 0 aromatic rings. The van der Waals surface area contributed by atoms with Crippen LogP contribution in [0.15, 0.2) is 0 Å². The Kier molecular flexibility index (Phi) is 11.5. The van der Waals surface area contributed by atoms with E-state index in [0.717, 1.165) is 6.54 Å². The first-order valence-electron chi connectivity index (χ1n) is 3.18. The average molecular weight is 180 g/mol. The summed E-state index contributed by atoms with van der Waals surface area (Å²) < 4.78 is 0. The number of rotatable bonds is 3. The van der Waals surface area contributed by atoms with Crippen LogP contribution in [0.5, 0.6) is 0 Å². The van der Waals surface area contributed by atoms with E-state index in [1.807, 2.05) is 6.92 Å². The molecule has 68 valence electrons. The molecule has 0 aliphatic rings. The predicted octanol–water partition coefficient (Wildman–Crippen LogP) is -1.37. The van der Waals surface area contributed by atoms with Crippen molar-refractivity contribution < 1.29 is 5.11 Å². The van der Waals surface area contributed by atoms with Crippen molar-refractivity contribution >= 4 is 17.4 Å². The Morgan fingerprint density at radius 1 is 1.73 bits per heavy atom. The van der Waals surface area contributed by atoms with E-state index in [0.29, 0.717) is 6.54 Å². The molecule has 0 amide bonds. The van der Waals surface area contributed by atoms with Crippen molar-refractivity contribution in [2.24, 2.45) is 17.2 Å². The number of hydrogen-bond donors (Lipinski definition) is 5. The fourth-order valence-electron chi connectivity index (χ4n) is 0.311. The molecule has 0 aliphatic carbocycles. The van der Waals surface area contributed by atoms with Gasteiger partial charge in [-0.25, -0.2) is 0 Å². The fourth-order valence-corrected chi connectivity index (χ4v) is 0.311. The van der Waals surface area contributed by atoms with E-state index in [1.54, 1.807) is 0 Å². The van der Waals surface area contributed by atoms with Gasteiger partial charge in [0, 0.05) is 13.1 Å². The lowest BCUT2D eigenvalue weighted by molar-refractivity contribution is 0.560. The summed E-state index contributed by atoms with van der Waals surface area (Å²) in [6, 6.07) is 0. The van der Waals surface area contributed by atoms with Gasteiger partial charge >= 0.3 is 0 Å². The molecule has 0 radical (unpaired) electrons. The molecule has 0 aromatic carbocycles. The summed E-state index contributed by atoms with van der Waals surface area (Å²) in [5.74, 6) is 0. The molecule has 0 aliphatic heterocycles. The molecule has 1 atom stereocenters. The molecule has 0 heterocycles. The number of aliphatic hydroxyl groups is 1. The van der Waals surface area contributed by atoms with E-state index < -0.39 is 5.17 Å². The van der Waals surface area contributed by atoms with E-state index in [9.17, 15) is 0 Å². The molecule has 0 fully saturated rings. The standard InChI is InChI=1S/C4H13N3.CH3NOS/c1-4(6)7-3-2-5;2-1(3)4/h4,7H,2-3,5-6H2,1H3;(H3,2,3,4). The molecular weight excluding hydrogens is 164 g/mol. The number of hydrogen-bond acceptors (Lipinski definition) is 4. The average Bonchev–Trinajstić information content (AvgIpc) is 1.82. The Morgan fingerprint density at radius 2 is 2.09 bits per heavy atom. The molecule has 0 saturated heterocycles. The minimum absolute atomic E-state index is 0.0727. The molecule has 0 spiro atoms. The SMILES string of the molecule is CC(N)NCCN.NC(O)=S. The van der Waals surface area contributed by atoms with Gasteiger partial charge < -0.3 is 27.6 Å². The lowest BCUT2D eigenvalue weighted by atomic mass is 10.5. The smallest absolute Gasteiger partial charge is 0.251 e. The highest BCUT2D eigenvalue weighted by Gasteiger charge is 1.85. The maximum absolute atomic E-state index is 7.56. The highest BCUT2D eigenvalue weighted by Crippen LogP contribution is 1.60. The fraction of sp³-hybridized carbons (Fsp3) is 0.800. The third-order valence-electron chi connectivity index (χ3n) is 0.611. The van der Waals surface area contributed by atoms with Gasteiger partial charge in [-0.3, -0.25) is 0 Å². The topological polar surface area (TPSA) is 110 Å². The third-order valence-corrected chi connectivity index (χ3v) is 0.611. The highest BCUT2D eigenvalue weighted by atomic mass is 32.1. The van der Waals surface area contributed by atoms with E-state index in [4.69, 9.17) is 16.6 Å². The summed E-state index contributed by atoms with van der Waals surface area (Å²) in [7, 11) is 0. The van der Waals surface area contributed by atoms with Crippen LogP contribution in [0.3, 0.4) is 0 Å². The number of nitrogens with two attached hydrogens (primary N) is 3. The molecule has 0 aromatic heterocycles. The second kappa shape index (κ2) is 9.57. The Labute approximate surface area is 71.9 Å². The summed E-state index contributed by atoms with van der Waals surface area (Å²) in [6.07, 6.45) is 0.0727. The van der Waals surface area contributed by atoms with E-state index in [-0.39, 0.29) is 6.17 Å². The minimum Gasteiger partial charge on any atom is -0.487 e. The number of nitrogens with one attached hydrogen (secondary N) is 1. The van der Waals surface area contributed by atoms with Gasteiger partial charge in [-0.05, 0) is 19.1 Å².